The molecule has 1 aliphatic heterocycles. The van der Waals surface area contributed by atoms with Crippen molar-refractivity contribution >= 4 is 0 Å². The monoisotopic (exact) mass is 244 g/mol. The predicted molar refractivity (Wildman–Crippen MR) is 70.8 cm³/mol. The smallest absolute Gasteiger partial charge is 0.114 e. The van der Waals surface area contributed by atoms with Gasteiger partial charge in [0.2, 0.25) is 0 Å². The normalized spacial score (nSPS) is 54.8. The Kier molecular flexibility index (Phi) is 2.20. The third kappa shape index (κ3) is 1.22. The van der Waals surface area contributed by atoms with Crippen molar-refractivity contribution in [1.29, 1.82) is 5.26 Å². The predicted octanol–water partition coefficient (Wildman–Crippen LogP) is 3.19. The zero-order valence-electron chi connectivity index (χ0n) is 11.5. The number of hydrogen-bond acceptors (Lipinski definition) is 2. The van der Waals surface area contributed by atoms with E-state index in [1.54, 1.807) is 0 Å². The number of rotatable bonds is 1. The van der Waals surface area contributed by atoms with E-state index in [1.165, 1.54) is 44.9 Å². The summed E-state index contributed by atoms with van der Waals surface area (Å²) in [5.74, 6) is 2.86. The van der Waals surface area contributed by atoms with Crippen molar-refractivity contribution in [2.45, 2.75) is 56.9 Å². The lowest BCUT2D eigenvalue weighted by atomic mass is 9.44. The molecule has 1 saturated heterocycles. The molecular weight excluding hydrogens is 220 g/mol. The zero-order chi connectivity index (χ0) is 12.4. The molecule has 2 nitrogen and oxygen atoms in total. The highest BCUT2D eigenvalue weighted by atomic mass is 15.2. The van der Waals surface area contributed by atoms with Gasteiger partial charge in [0.1, 0.15) is 5.54 Å². The van der Waals surface area contributed by atoms with E-state index in [0.29, 0.717) is 5.41 Å². The average Bonchev–Trinajstić information content (AvgIpc) is 2.70. The average molecular weight is 244 g/mol. The van der Waals surface area contributed by atoms with Gasteiger partial charge < -0.3 is 0 Å². The topological polar surface area (TPSA) is 27.0 Å². The summed E-state index contributed by atoms with van der Waals surface area (Å²) in [6, 6.07) is 2.81. The lowest BCUT2D eigenvalue weighted by molar-refractivity contribution is -0.113. The van der Waals surface area contributed by atoms with Gasteiger partial charge in [0, 0.05) is 5.41 Å². The Balaban J connectivity index is 1.77. The van der Waals surface area contributed by atoms with Crippen LogP contribution >= 0.6 is 0 Å². The van der Waals surface area contributed by atoms with E-state index in [1.807, 2.05) is 0 Å². The van der Waals surface area contributed by atoms with Crippen LogP contribution in [0.3, 0.4) is 0 Å². The van der Waals surface area contributed by atoms with Crippen LogP contribution in [0.4, 0.5) is 0 Å². The highest BCUT2D eigenvalue weighted by molar-refractivity contribution is 5.24. The molecule has 4 aliphatic carbocycles. The summed E-state index contributed by atoms with van der Waals surface area (Å²) >= 11 is 0. The van der Waals surface area contributed by atoms with E-state index < -0.39 is 0 Å². The maximum atomic E-state index is 9.96. The Hall–Kier alpha value is -0.550. The minimum atomic E-state index is -0.108. The standard InChI is InChI=1S/C16H24N2/c1-18-4-2-3-16(18,11-17)15-8-12-5-13(9-15)7-14(6-12)10-15/h12-14H,2-10H2,1H3. The number of likely N-dealkylation sites (tertiary alicyclic amines) is 1. The SMILES string of the molecule is CN1CCCC1(C#N)C12CC3CC(CC(C3)C1)C2. The first-order valence-electron chi connectivity index (χ1n) is 7.80. The molecule has 0 N–H and O–H groups in total. The van der Waals surface area contributed by atoms with Gasteiger partial charge in [-0.1, -0.05) is 0 Å². The van der Waals surface area contributed by atoms with Gasteiger partial charge in [-0.25, -0.2) is 0 Å². The molecule has 18 heavy (non-hydrogen) atoms. The summed E-state index contributed by atoms with van der Waals surface area (Å²) in [6.07, 6.45) is 10.9. The molecule has 2 heteroatoms. The van der Waals surface area contributed by atoms with Gasteiger partial charge in [0.25, 0.3) is 0 Å². The molecule has 0 aromatic carbocycles. The first kappa shape index (κ1) is 11.3. The second kappa shape index (κ2) is 3.51. The van der Waals surface area contributed by atoms with Crippen molar-refractivity contribution < 1.29 is 0 Å². The molecular formula is C16H24N2. The maximum Gasteiger partial charge on any atom is 0.114 e. The molecule has 0 spiro atoms. The minimum absolute atomic E-state index is 0.108. The van der Waals surface area contributed by atoms with Crippen LogP contribution in [0.15, 0.2) is 0 Å². The third-order valence-electron chi connectivity index (χ3n) is 6.78. The first-order chi connectivity index (χ1) is 8.67. The Morgan fingerprint density at radius 2 is 1.61 bits per heavy atom. The van der Waals surface area contributed by atoms with Gasteiger partial charge in [-0.2, -0.15) is 5.26 Å². The molecule has 98 valence electrons. The van der Waals surface area contributed by atoms with Crippen LogP contribution in [0.25, 0.3) is 0 Å². The lowest BCUT2D eigenvalue weighted by Crippen LogP contribution is -2.61. The molecule has 1 heterocycles. The van der Waals surface area contributed by atoms with Gasteiger partial charge in [-0.3, -0.25) is 4.90 Å². The summed E-state index contributed by atoms with van der Waals surface area (Å²) in [6.45, 7) is 1.13. The lowest BCUT2D eigenvalue weighted by Gasteiger charge is -2.62. The fraction of sp³-hybridized carbons (Fsp3) is 0.938. The van der Waals surface area contributed by atoms with Gasteiger partial charge in [-0.05, 0) is 82.7 Å². The van der Waals surface area contributed by atoms with E-state index >= 15 is 0 Å². The molecule has 5 fully saturated rings. The van der Waals surface area contributed by atoms with Crippen molar-refractivity contribution in [3.63, 3.8) is 0 Å². The maximum absolute atomic E-state index is 9.96. The van der Waals surface area contributed by atoms with Crippen molar-refractivity contribution in [1.82, 2.24) is 4.90 Å². The fourth-order valence-corrected chi connectivity index (χ4v) is 6.50. The van der Waals surface area contributed by atoms with Crippen molar-refractivity contribution in [2.24, 2.45) is 23.2 Å². The Morgan fingerprint density at radius 1 is 1.06 bits per heavy atom. The third-order valence-corrected chi connectivity index (χ3v) is 6.78. The zero-order valence-corrected chi connectivity index (χ0v) is 11.5. The molecule has 0 amide bonds. The molecule has 0 aromatic heterocycles. The number of nitrogens with zero attached hydrogens (tertiary/aromatic N) is 2. The van der Waals surface area contributed by atoms with Gasteiger partial charge in [-0.15, -0.1) is 0 Å². The molecule has 1 atom stereocenters. The van der Waals surface area contributed by atoms with Crippen LogP contribution < -0.4 is 0 Å². The Morgan fingerprint density at radius 3 is 2.00 bits per heavy atom. The van der Waals surface area contributed by atoms with Crippen LogP contribution in [0.5, 0.6) is 0 Å². The van der Waals surface area contributed by atoms with E-state index in [4.69, 9.17) is 0 Å². The molecule has 0 aromatic rings. The summed E-state index contributed by atoms with van der Waals surface area (Å²) in [5, 5.41) is 9.96. The van der Waals surface area contributed by atoms with Crippen LogP contribution in [-0.2, 0) is 0 Å². The van der Waals surface area contributed by atoms with Crippen molar-refractivity contribution in [3.05, 3.63) is 0 Å². The van der Waals surface area contributed by atoms with E-state index in [2.05, 4.69) is 18.0 Å². The second-order valence-electron chi connectivity index (χ2n) is 7.70. The van der Waals surface area contributed by atoms with Gasteiger partial charge in [0.15, 0.2) is 0 Å². The Bertz CT molecular complexity index is 373. The van der Waals surface area contributed by atoms with E-state index in [0.717, 1.165) is 30.7 Å². The first-order valence-corrected chi connectivity index (χ1v) is 7.80. The van der Waals surface area contributed by atoms with E-state index in [-0.39, 0.29) is 5.54 Å². The summed E-state index contributed by atoms with van der Waals surface area (Å²) in [7, 11) is 2.20. The van der Waals surface area contributed by atoms with Crippen LogP contribution in [0.2, 0.25) is 0 Å². The summed E-state index contributed by atoms with van der Waals surface area (Å²) < 4.78 is 0. The summed E-state index contributed by atoms with van der Waals surface area (Å²) in [5.41, 5.74) is 0.255. The molecule has 4 bridgehead atoms. The highest BCUT2D eigenvalue weighted by Crippen LogP contribution is 2.66. The number of nitriles is 1. The van der Waals surface area contributed by atoms with Gasteiger partial charge >= 0.3 is 0 Å². The molecule has 5 rings (SSSR count). The van der Waals surface area contributed by atoms with Crippen LogP contribution in [0.1, 0.15) is 51.4 Å². The Labute approximate surface area is 110 Å². The van der Waals surface area contributed by atoms with Gasteiger partial charge in [0.05, 0.1) is 6.07 Å². The second-order valence-corrected chi connectivity index (χ2v) is 7.70. The molecule has 5 aliphatic rings. The molecule has 1 unspecified atom stereocenters. The largest absolute Gasteiger partial charge is 0.288 e. The highest BCUT2D eigenvalue weighted by Gasteiger charge is 2.63. The van der Waals surface area contributed by atoms with Crippen molar-refractivity contribution in [2.75, 3.05) is 13.6 Å². The van der Waals surface area contributed by atoms with Crippen LogP contribution in [0, 0.1) is 34.5 Å². The molecule has 0 radical (unpaired) electrons. The van der Waals surface area contributed by atoms with Crippen LogP contribution in [-0.4, -0.2) is 24.0 Å². The fourth-order valence-electron chi connectivity index (χ4n) is 6.50. The number of hydrogen-bond donors (Lipinski definition) is 0. The van der Waals surface area contributed by atoms with E-state index in [9.17, 15) is 5.26 Å². The minimum Gasteiger partial charge on any atom is -0.288 e. The molecule has 4 saturated carbocycles. The quantitative estimate of drug-likeness (QED) is 0.708. The summed E-state index contributed by atoms with van der Waals surface area (Å²) in [4.78, 5) is 2.42. The van der Waals surface area contributed by atoms with Crippen molar-refractivity contribution in [3.8, 4) is 6.07 Å².